The highest BCUT2D eigenvalue weighted by Crippen LogP contribution is 2.41. The molecule has 1 heteroatoms. The summed E-state index contributed by atoms with van der Waals surface area (Å²) in [7, 11) is 0. The smallest absolute Gasteiger partial charge is 0.0572 e. The molecule has 0 saturated heterocycles. The van der Waals surface area contributed by atoms with Crippen molar-refractivity contribution in [2.75, 3.05) is 0 Å². The Morgan fingerprint density at radius 2 is 0.937 bits per heavy atom. The van der Waals surface area contributed by atoms with Gasteiger partial charge in [-0.05, 0) is 108 Å². The van der Waals surface area contributed by atoms with E-state index in [9.17, 15) is 0 Å². The second kappa shape index (κ2) is 20.1. The molecule has 9 aromatic rings. The second-order valence-corrected chi connectivity index (χ2v) is 16.7. The van der Waals surface area contributed by atoms with Crippen LogP contribution in [-0.2, 0) is 6.42 Å². The molecule has 0 N–H and O–H groups in total. The van der Waals surface area contributed by atoms with Gasteiger partial charge < -0.3 is 4.57 Å². The van der Waals surface area contributed by atoms with Gasteiger partial charge in [-0.15, -0.1) is 0 Å². The summed E-state index contributed by atoms with van der Waals surface area (Å²) in [6, 6.07) is 71.6. The molecule has 0 aliphatic heterocycles. The third-order valence-corrected chi connectivity index (χ3v) is 12.1. The Bertz CT molecular complexity index is 2910. The van der Waals surface area contributed by atoms with E-state index in [0.717, 1.165) is 12.8 Å². The van der Waals surface area contributed by atoms with Crippen LogP contribution in [0.3, 0.4) is 0 Å². The number of benzene rings is 8. The summed E-state index contributed by atoms with van der Waals surface area (Å²) in [5.41, 5.74) is 20.8. The van der Waals surface area contributed by atoms with Crippen LogP contribution < -0.4 is 0 Å². The highest BCUT2D eigenvalue weighted by molar-refractivity contribution is 5.97. The summed E-state index contributed by atoms with van der Waals surface area (Å²) < 4.78 is 2.52. The summed E-state index contributed by atoms with van der Waals surface area (Å²) in [6.45, 7) is 10.9. The lowest BCUT2D eigenvalue weighted by Gasteiger charge is -2.20. The molecule has 310 valence electrons. The number of aryl methyl sites for hydroxylation is 3. The van der Waals surface area contributed by atoms with Crippen molar-refractivity contribution in [3.63, 3.8) is 0 Å². The van der Waals surface area contributed by atoms with Gasteiger partial charge in [0.2, 0.25) is 0 Å². The van der Waals surface area contributed by atoms with Gasteiger partial charge in [0, 0.05) is 28.2 Å². The first-order chi connectivity index (χ1) is 30.9. The van der Waals surface area contributed by atoms with Crippen LogP contribution in [0.5, 0.6) is 0 Å². The van der Waals surface area contributed by atoms with Gasteiger partial charge in [-0.1, -0.05) is 230 Å². The third-order valence-electron chi connectivity index (χ3n) is 12.1. The molecule has 10 rings (SSSR count). The van der Waals surface area contributed by atoms with Crippen molar-refractivity contribution in [3.8, 4) is 39.1 Å². The van der Waals surface area contributed by atoms with E-state index >= 15 is 0 Å². The van der Waals surface area contributed by atoms with Crippen LogP contribution in [0.15, 0.2) is 212 Å². The lowest BCUT2D eigenvalue weighted by atomic mass is 9.93. The fourth-order valence-electron chi connectivity index (χ4n) is 8.60. The SMILES string of the molecule is C/C=C\c1ccc2c3c(n(-c4ccc(-c5ccc(Cc6ccc(-c7ccccc7)cc6)cc5)cc4)c2c1C)C(C)CC=C3.Cc1ccc(-c2ccccc2)cc1.Cc1ccccc1. The zero-order valence-electron chi connectivity index (χ0n) is 37.3. The predicted octanol–water partition coefficient (Wildman–Crippen LogP) is 17.1. The van der Waals surface area contributed by atoms with Crippen molar-refractivity contribution < 1.29 is 0 Å². The van der Waals surface area contributed by atoms with Crippen LogP contribution in [0.25, 0.3) is 62.1 Å². The van der Waals surface area contributed by atoms with Crippen molar-refractivity contribution in [2.45, 2.75) is 53.4 Å². The summed E-state index contributed by atoms with van der Waals surface area (Å²) in [4.78, 5) is 0. The van der Waals surface area contributed by atoms with Gasteiger partial charge in [0.25, 0.3) is 0 Å². The third kappa shape index (κ3) is 10.1. The van der Waals surface area contributed by atoms with Crippen LogP contribution in [0.2, 0.25) is 0 Å². The molecule has 0 saturated carbocycles. The van der Waals surface area contributed by atoms with Crippen LogP contribution >= 0.6 is 0 Å². The molecule has 1 aliphatic carbocycles. The number of hydrogen-bond acceptors (Lipinski definition) is 0. The lowest BCUT2D eigenvalue weighted by Crippen LogP contribution is -2.07. The highest BCUT2D eigenvalue weighted by Gasteiger charge is 2.25. The molecule has 0 bridgehead atoms. The average molecular weight is 816 g/mol. The molecule has 1 aromatic heterocycles. The summed E-state index contributed by atoms with van der Waals surface area (Å²) in [5.74, 6) is 0.471. The molecular weight excluding hydrogens is 759 g/mol. The Hall–Kier alpha value is -7.22. The second-order valence-electron chi connectivity index (χ2n) is 16.7. The first-order valence-corrected chi connectivity index (χ1v) is 22.3. The molecule has 63 heavy (non-hydrogen) atoms. The van der Waals surface area contributed by atoms with Crippen molar-refractivity contribution in [1.29, 1.82) is 0 Å². The normalized spacial score (nSPS) is 12.9. The van der Waals surface area contributed by atoms with E-state index in [1.165, 1.54) is 94.6 Å². The maximum absolute atomic E-state index is 2.52. The summed E-state index contributed by atoms with van der Waals surface area (Å²) in [6.07, 6.45) is 11.0. The Balaban J connectivity index is 0.000000222. The number of aromatic nitrogens is 1. The van der Waals surface area contributed by atoms with Gasteiger partial charge in [0.05, 0.1) is 5.52 Å². The topological polar surface area (TPSA) is 4.93 Å². The maximum atomic E-state index is 2.52. The van der Waals surface area contributed by atoms with Gasteiger partial charge in [-0.2, -0.15) is 0 Å². The molecule has 1 atom stereocenters. The zero-order chi connectivity index (χ0) is 43.5. The fraction of sp³-hybridized carbons (Fsp3) is 0.129. The van der Waals surface area contributed by atoms with E-state index in [4.69, 9.17) is 0 Å². The van der Waals surface area contributed by atoms with Gasteiger partial charge in [-0.25, -0.2) is 0 Å². The van der Waals surface area contributed by atoms with Crippen molar-refractivity contribution in [3.05, 3.63) is 257 Å². The molecule has 0 fully saturated rings. The van der Waals surface area contributed by atoms with Crippen LogP contribution in [0.1, 0.15) is 70.8 Å². The van der Waals surface area contributed by atoms with E-state index in [1.54, 1.807) is 0 Å². The number of hydrogen-bond donors (Lipinski definition) is 0. The molecule has 0 amide bonds. The molecule has 0 radical (unpaired) electrons. The quantitative estimate of drug-likeness (QED) is 0.151. The van der Waals surface area contributed by atoms with Gasteiger partial charge in [0.15, 0.2) is 0 Å². The van der Waals surface area contributed by atoms with Gasteiger partial charge in [0.1, 0.15) is 0 Å². The standard InChI is InChI=1S/C42H37N.C13H12.C7H8/c1-4-9-33-24-27-40-39-13-8-10-29(2)41(39)43(42(40)30(33)3)38-25-22-37(23-26-38)36-20-16-32(17-21-36)28-31-14-18-35(19-15-31)34-11-6-5-7-12-34;1-11-7-9-13(10-8-11)12-5-3-2-4-6-12;1-7-5-3-2-4-6-7/h4-9,11-27,29H,10,28H2,1-3H3;2-10H,1H3;2-6H,1H3/b9-4-;;. The number of fused-ring (bicyclic) bond motifs is 3. The van der Waals surface area contributed by atoms with E-state index in [2.05, 4.69) is 239 Å². The molecule has 1 heterocycles. The first kappa shape index (κ1) is 42.5. The van der Waals surface area contributed by atoms with Crippen LogP contribution in [-0.4, -0.2) is 4.57 Å². The molecule has 0 spiro atoms. The predicted molar refractivity (Wildman–Crippen MR) is 273 cm³/mol. The number of allylic oxidation sites excluding steroid dienone is 2. The minimum atomic E-state index is 0.471. The summed E-state index contributed by atoms with van der Waals surface area (Å²) >= 11 is 0. The minimum absolute atomic E-state index is 0.471. The van der Waals surface area contributed by atoms with E-state index < -0.39 is 0 Å². The van der Waals surface area contributed by atoms with Crippen molar-refractivity contribution in [2.24, 2.45) is 0 Å². The zero-order valence-corrected chi connectivity index (χ0v) is 37.3. The van der Waals surface area contributed by atoms with Gasteiger partial charge >= 0.3 is 0 Å². The molecular formula is C62H57N. The number of nitrogens with zero attached hydrogens (tertiary/aromatic N) is 1. The number of rotatable bonds is 7. The van der Waals surface area contributed by atoms with E-state index in [0.29, 0.717) is 5.92 Å². The average Bonchev–Trinajstić information content (AvgIpc) is 3.68. The Labute approximate surface area is 375 Å². The minimum Gasteiger partial charge on any atom is -0.312 e. The lowest BCUT2D eigenvalue weighted by molar-refractivity contribution is 0.723. The van der Waals surface area contributed by atoms with Crippen LogP contribution in [0.4, 0.5) is 0 Å². The van der Waals surface area contributed by atoms with Crippen molar-refractivity contribution >= 4 is 23.1 Å². The van der Waals surface area contributed by atoms with E-state index in [1.807, 2.05) is 24.3 Å². The molecule has 1 unspecified atom stereocenters. The highest BCUT2D eigenvalue weighted by atomic mass is 15.0. The Kier molecular flexibility index (Phi) is 13.6. The summed E-state index contributed by atoms with van der Waals surface area (Å²) in [5, 5.41) is 1.35. The maximum Gasteiger partial charge on any atom is 0.0572 e. The first-order valence-electron chi connectivity index (χ1n) is 22.3. The monoisotopic (exact) mass is 815 g/mol. The van der Waals surface area contributed by atoms with E-state index in [-0.39, 0.29) is 0 Å². The molecule has 1 aliphatic rings. The largest absolute Gasteiger partial charge is 0.312 e. The Morgan fingerprint density at radius 3 is 1.41 bits per heavy atom. The Morgan fingerprint density at radius 1 is 0.492 bits per heavy atom. The molecule has 8 aromatic carbocycles. The van der Waals surface area contributed by atoms with Gasteiger partial charge in [-0.3, -0.25) is 0 Å². The van der Waals surface area contributed by atoms with Crippen molar-refractivity contribution in [1.82, 2.24) is 4.57 Å². The van der Waals surface area contributed by atoms with Crippen LogP contribution in [0, 0.1) is 20.8 Å². The fourth-order valence-corrected chi connectivity index (χ4v) is 8.60. The molecule has 1 nitrogen and oxygen atoms in total.